The molecule has 1 N–H and O–H groups in total. The molecule has 1 amide bonds. The molecule has 2 aromatic carbocycles. The lowest BCUT2D eigenvalue weighted by Gasteiger charge is -2.21. The van der Waals surface area contributed by atoms with Crippen LogP contribution in [0.1, 0.15) is 45.9 Å². The third-order valence-electron chi connectivity index (χ3n) is 5.24. The van der Waals surface area contributed by atoms with Crippen LogP contribution in [-0.2, 0) is 19.6 Å². The summed E-state index contributed by atoms with van der Waals surface area (Å²) in [6.45, 7) is 4.50. The smallest absolute Gasteiger partial charge is 0.273 e. The van der Waals surface area contributed by atoms with Gasteiger partial charge in [0.2, 0.25) is 5.89 Å². The minimum Gasteiger partial charge on any atom is -0.447 e. The maximum atomic E-state index is 13.3. The van der Waals surface area contributed by atoms with E-state index in [9.17, 15) is 9.18 Å². The van der Waals surface area contributed by atoms with Gasteiger partial charge in [-0.15, -0.1) is 0 Å². The number of nitrogens with zero attached hydrogens (tertiary/aromatic N) is 2. The number of aromatic nitrogens is 1. The Hall–Kier alpha value is -2.99. The molecule has 5 nitrogen and oxygen atoms in total. The molecule has 4 rings (SSSR count). The molecular weight excluding hydrogens is 381 g/mol. The van der Waals surface area contributed by atoms with E-state index in [1.54, 1.807) is 12.1 Å². The lowest BCUT2D eigenvalue weighted by molar-refractivity contribution is 0.0946. The number of carbonyl (C=O) groups excluding carboxylic acids is 1. The van der Waals surface area contributed by atoms with E-state index in [0.29, 0.717) is 43.7 Å². The molecule has 1 heterocycles. The summed E-state index contributed by atoms with van der Waals surface area (Å²) in [7, 11) is 0. The number of hydrogen-bond acceptors (Lipinski definition) is 4. The quantitative estimate of drug-likeness (QED) is 0.569. The molecule has 0 unspecified atom stereocenters. The molecule has 1 aromatic heterocycles. The van der Waals surface area contributed by atoms with E-state index < -0.39 is 0 Å². The lowest BCUT2D eigenvalue weighted by atomic mass is 10.1. The van der Waals surface area contributed by atoms with Gasteiger partial charge in [0, 0.05) is 19.6 Å². The zero-order chi connectivity index (χ0) is 20.9. The van der Waals surface area contributed by atoms with Crippen LogP contribution >= 0.6 is 0 Å². The van der Waals surface area contributed by atoms with Crippen LogP contribution in [0.2, 0.25) is 0 Å². The van der Waals surface area contributed by atoms with E-state index in [-0.39, 0.29) is 11.7 Å². The van der Waals surface area contributed by atoms with E-state index >= 15 is 0 Å². The maximum Gasteiger partial charge on any atom is 0.273 e. The fourth-order valence-electron chi connectivity index (χ4n) is 3.30. The summed E-state index contributed by atoms with van der Waals surface area (Å²) in [4.78, 5) is 18.8. The molecule has 3 aromatic rings. The zero-order valence-electron chi connectivity index (χ0n) is 17.1. The maximum absolute atomic E-state index is 13.3. The number of amides is 1. The van der Waals surface area contributed by atoms with Gasteiger partial charge in [-0.3, -0.25) is 9.69 Å². The topological polar surface area (TPSA) is 58.4 Å². The third kappa shape index (κ3) is 5.76. The molecule has 0 bridgehead atoms. The van der Waals surface area contributed by atoms with E-state index in [0.717, 1.165) is 11.1 Å². The first-order valence-corrected chi connectivity index (χ1v) is 10.3. The normalized spacial score (nSPS) is 13.6. The molecule has 1 saturated carbocycles. The molecule has 1 aliphatic rings. The third-order valence-corrected chi connectivity index (χ3v) is 5.24. The second-order valence-electron chi connectivity index (χ2n) is 8.04. The molecule has 30 heavy (non-hydrogen) atoms. The number of oxazole rings is 1. The molecular formula is C24H26FN3O2. The van der Waals surface area contributed by atoms with Crippen molar-refractivity contribution in [2.75, 3.05) is 6.54 Å². The molecule has 0 aliphatic heterocycles. The summed E-state index contributed by atoms with van der Waals surface area (Å²) in [6.07, 6.45) is 3.78. The van der Waals surface area contributed by atoms with Crippen molar-refractivity contribution in [2.24, 2.45) is 5.92 Å². The number of halogens is 1. The summed E-state index contributed by atoms with van der Waals surface area (Å²) in [5, 5.41) is 2.91. The van der Waals surface area contributed by atoms with Crippen LogP contribution in [-0.4, -0.2) is 22.3 Å². The summed E-state index contributed by atoms with van der Waals surface area (Å²) in [6, 6.07) is 14.9. The first-order valence-electron chi connectivity index (χ1n) is 10.3. The van der Waals surface area contributed by atoms with Crippen LogP contribution in [0.25, 0.3) is 0 Å². The Bertz CT molecular complexity index is 931. The fourth-order valence-corrected chi connectivity index (χ4v) is 3.30. The number of carbonyl (C=O) groups is 1. The van der Waals surface area contributed by atoms with Crippen LogP contribution in [0.5, 0.6) is 0 Å². The average Bonchev–Trinajstić information content (AvgIpc) is 3.46. The zero-order valence-corrected chi connectivity index (χ0v) is 17.1. The molecule has 0 atom stereocenters. The van der Waals surface area contributed by atoms with Gasteiger partial charge in [0.05, 0.1) is 6.54 Å². The predicted molar refractivity (Wildman–Crippen MR) is 112 cm³/mol. The summed E-state index contributed by atoms with van der Waals surface area (Å²) < 4.78 is 18.9. The molecule has 1 aliphatic carbocycles. The monoisotopic (exact) mass is 407 g/mol. The Morgan fingerprint density at radius 2 is 1.70 bits per heavy atom. The number of nitrogens with one attached hydrogen (secondary N) is 1. The summed E-state index contributed by atoms with van der Waals surface area (Å²) in [5.41, 5.74) is 3.68. The van der Waals surface area contributed by atoms with Crippen molar-refractivity contribution in [3.63, 3.8) is 0 Å². The number of rotatable bonds is 9. The van der Waals surface area contributed by atoms with Crippen molar-refractivity contribution in [3.8, 4) is 0 Å². The van der Waals surface area contributed by atoms with Gasteiger partial charge in [0.1, 0.15) is 12.1 Å². The van der Waals surface area contributed by atoms with Crippen LogP contribution in [0.4, 0.5) is 4.39 Å². The van der Waals surface area contributed by atoms with Crippen molar-refractivity contribution in [1.29, 1.82) is 0 Å². The summed E-state index contributed by atoms with van der Waals surface area (Å²) >= 11 is 0. The first-order chi connectivity index (χ1) is 14.5. The van der Waals surface area contributed by atoms with Gasteiger partial charge in [-0.05, 0) is 48.9 Å². The Balaban J connectivity index is 1.44. The predicted octanol–water partition coefficient (Wildman–Crippen LogP) is 4.46. The second kappa shape index (κ2) is 9.22. The summed E-state index contributed by atoms with van der Waals surface area (Å²) in [5.74, 6) is 0.653. The minimum atomic E-state index is -0.251. The Labute approximate surface area is 175 Å². The highest BCUT2D eigenvalue weighted by molar-refractivity contribution is 5.91. The van der Waals surface area contributed by atoms with E-state index in [1.165, 1.54) is 36.8 Å². The number of benzene rings is 2. The van der Waals surface area contributed by atoms with Crippen LogP contribution in [0.15, 0.2) is 59.2 Å². The Kier molecular flexibility index (Phi) is 6.23. The van der Waals surface area contributed by atoms with Crippen LogP contribution < -0.4 is 5.32 Å². The fraction of sp³-hybridized carbons (Fsp3) is 0.333. The highest BCUT2D eigenvalue weighted by Gasteiger charge is 2.23. The van der Waals surface area contributed by atoms with Gasteiger partial charge in [-0.2, -0.15) is 0 Å². The average molecular weight is 407 g/mol. The van der Waals surface area contributed by atoms with Gasteiger partial charge in [0.15, 0.2) is 5.69 Å². The van der Waals surface area contributed by atoms with Crippen molar-refractivity contribution < 1.29 is 13.6 Å². The number of hydrogen-bond donors (Lipinski definition) is 1. The van der Waals surface area contributed by atoms with Crippen molar-refractivity contribution >= 4 is 5.91 Å². The van der Waals surface area contributed by atoms with Gasteiger partial charge in [0.25, 0.3) is 5.91 Å². The second-order valence-corrected chi connectivity index (χ2v) is 8.04. The standard InChI is InChI=1S/C24H26FN3O2/c1-17-2-4-19(5-3-17)13-28(14-20-8-10-21(25)11-9-20)15-23-27-22(16-30-23)24(29)26-12-18-6-7-18/h2-5,8-11,16,18H,6-7,12-15H2,1H3,(H,26,29). The van der Waals surface area contributed by atoms with Gasteiger partial charge in [-0.1, -0.05) is 42.0 Å². The van der Waals surface area contributed by atoms with Gasteiger partial charge >= 0.3 is 0 Å². The highest BCUT2D eigenvalue weighted by atomic mass is 19.1. The minimum absolute atomic E-state index is 0.194. The van der Waals surface area contributed by atoms with Crippen molar-refractivity contribution in [3.05, 3.63) is 88.9 Å². The number of aryl methyl sites for hydroxylation is 1. The van der Waals surface area contributed by atoms with Crippen molar-refractivity contribution in [2.45, 2.75) is 39.4 Å². The first kappa shape index (κ1) is 20.3. The molecule has 156 valence electrons. The Morgan fingerprint density at radius 3 is 2.33 bits per heavy atom. The van der Waals surface area contributed by atoms with E-state index in [2.05, 4.69) is 46.4 Å². The van der Waals surface area contributed by atoms with Gasteiger partial charge < -0.3 is 9.73 Å². The van der Waals surface area contributed by atoms with Crippen LogP contribution in [0, 0.1) is 18.7 Å². The molecule has 0 spiro atoms. The molecule has 6 heteroatoms. The van der Waals surface area contributed by atoms with Crippen molar-refractivity contribution in [1.82, 2.24) is 15.2 Å². The highest BCUT2D eigenvalue weighted by Crippen LogP contribution is 2.27. The van der Waals surface area contributed by atoms with Crippen LogP contribution in [0.3, 0.4) is 0 Å². The van der Waals surface area contributed by atoms with Gasteiger partial charge in [-0.25, -0.2) is 9.37 Å². The van der Waals surface area contributed by atoms with E-state index in [1.807, 2.05) is 0 Å². The molecule has 0 radical (unpaired) electrons. The lowest BCUT2D eigenvalue weighted by Crippen LogP contribution is -2.26. The SMILES string of the molecule is Cc1ccc(CN(Cc2ccc(F)cc2)Cc2nc(C(=O)NCC3CC3)co2)cc1. The Morgan fingerprint density at radius 1 is 1.07 bits per heavy atom. The molecule has 0 saturated heterocycles. The van der Waals surface area contributed by atoms with E-state index in [4.69, 9.17) is 4.42 Å². The molecule has 1 fully saturated rings. The largest absolute Gasteiger partial charge is 0.447 e.